The lowest BCUT2D eigenvalue weighted by atomic mass is 10.2. The van der Waals surface area contributed by atoms with E-state index in [2.05, 4.69) is 34.8 Å². The molecule has 0 unspecified atom stereocenters. The molecule has 1 rings (SSSR count). The number of carbonyl (C=O) groups is 1. The molecule has 0 aliphatic heterocycles. The molecular formula is C15H24N4O2. The molecule has 0 fully saturated rings. The van der Waals surface area contributed by atoms with Crippen LogP contribution in [0, 0.1) is 0 Å². The van der Waals surface area contributed by atoms with E-state index < -0.39 is 0 Å². The Balaban J connectivity index is 2.77. The van der Waals surface area contributed by atoms with Gasteiger partial charge in [-0.2, -0.15) is 0 Å². The van der Waals surface area contributed by atoms with Gasteiger partial charge >= 0.3 is 0 Å². The molecule has 0 saturated heterocycles. The van der Waals surface area contributed by atoms with E-state index in [9.17, 15) is 4.79 Å². The Morgan fingerprint density at radius 1 is 1.38 bits per heavy atom. The van der Waals surface area contributed by atoms with Crippen LogP contribution in [0.3, 0.4) is 0 Å². The molecule has 1 aromatic rings. The highest BCUT2D eigenvalue weighted by Gasteiger charge is 2.07. The van der Waals surface area contributed by atoms with Crippen LogP contribution in [0.2, 0.25) is 0 Å². The first kappa shape index (κ1) is 16.8. The number of aliphatic imine (C=N–C) groups is 1. The van der Waals surface area contributed by atoms with Crippen LogP contribution in [0.4, 0.5) is 5.69 Å². The summed E-state index contributed by atoms with van der Waals surface area (Å²) in [6.45, 7) is 6.17. The number of nitrogens with zero attached hydrogens (tertiary/aromatic N) is 1. The first-order valence-electron chi connectivity index (χ1n) is 6.88. The summed E-state index contributed by atoms with van der Waals surface area (Å²) in [6.07, 6.45) is 0. The lowest BCUT2D eigenvalue weighted by Crippen LogP contribution is -2.40. The molecule has 1 aromatic carbocycles. The van der Waals surface area contributed by atoms with Gasteiger partial charge in [0.25, 0.3) is 0 Å². The van der Waals surface area contributed by atoms with Crippen LogP contribution in [0.25, 0.3) is 0 Å². The Morgan fingerprint density at radius 2 is 2.10 bits per heavy atom. The smallest absolute Gasteiger partial charge is 0.221 e. The van der Waals surface area contributed by atoms with Crippen molar-refractivity contribution in [1.29, 1.82) is 0 Å². The number of nitrogens with one attached hydrogen (secondary N) is 3. The zero-order valence-corrected chi connectivity index (χ0v) is 13.3. The van der Waals surface area contributed by atoms with Gasteiger partial charge in [0.05, 0.1) is 12.8 Å². The fourth-order valence-corrected chi connectivity index (χ4v) is 1.81. The summed E-state index contributed by atoms with van der Waals surface area (Å²) in [4.78, 5) is 15.4. The minimum Gasteiger partial charge on any atom is -0.495 e. The highest BCUT2D eigenvalue weighted by atomic mass is 16.5. The molecule has 0 heterocycles. The predicted octanol–water partition coefficient (Wildman–Crippen LogP) is 1.73. The molecule has 0 bridgehead atoms. The summed E-state index contributed by atoms with van der Waals surface area (Å²) in [5, 5.41) is 9.19. The number of guanidine groups is 1. The molecule has 1 amide bonds. The molecule has 0 radical (unpaired) electrons. The van der Waals surface area contributed by atoms with Gasteiger partial charge in [-0.15, -0.1) is 0 Å². The van der Waals surface area contributed by atoms with E-state index in [1.807, 2.05) is 18.2 Å². The minimum absolute atomic E-state index is 0.129. The van der Waals surface area contributed by atoms with Gasteiger partial charge in [-0.3, -0.25) is 9.79 Å². The van der Waals surface area contributed by atoms with Crippen molar-refractivity contribution in [3.8, 4) is 5.75 Å². The van der Waals surface area contributed by atoms with Gasteiger partial charge in [0.1, 0.15) is 5.75 Å². The predicted molar refractivity (Wildman–Crippen MR) is 85.8 cm³/mol. The van der Waals surface area contributed by atoms with Crippen LogP contribution in [0.5, 0.6) is 5.75 Å². The Kier molecular flexibility index (Phi) is 6.52. The maximum absolute atomic E-state index is 11.2. The summed E-state index contributed by atoms with van der Waals surface area (Å²) in [5.74, 6) is 1.25. The second-order valence-corrected chi connectivity index (χ2v) is 4.94. The number of methoxy groups -OCH3 is 1. The van der Waals surface area contributed by atoms with Gasteiger partial charge in [0, 0.05) is 26.6 Å². The number of amides is 1. The monoisotopic (exact) mass is 292 g/mol. The van der Waals surface area contributed by atoms with Crippen LogP contribution in [0.1, 0.15) is 26.3 Å². The van der Waals surface area contributed by atoms with Crippen molar-refractivity contribution in [2.75, 3.05) is 19.5 Å². The van der Waals surface area contributed by atoms with Crippen LogP contribution in [-0.4, -0.2) is 32.1 Å². The van der Waals surface area contributed by atoms with Crippen LogP contribution < -0.4 is 20.7 Å². The summed E-state index contributed by atoms with van der Waals surface area (Å²) in [7, 11) is 3.31. The van der Waals surface area contributed by atoms with E-state index in [4.69, 9.17) is 4.74 Å². The van der Waals surface area contributed by atoms with Crippen molar-refractivity contribution in [3.63, 3.8) is 0 Å². The average Bonchev–Trinajstić information content (AvgIpc) is 2.42. The second kappa shape index (κ2) is 8.14. The maximum atomic E-state index is 11.2. The van der Waals surface area contributed by atoms with Gasteiger partial charge in [-0.25, -0.2) is 0 Å². The molecule has 0 aromatic heterocycles. The number of ether oxygens (including phenoxy) is 1. The molecule has 6 heteroatoms. The third-order valence-corrected chi connectivity index (χ3v) is 2.68. The third kappa shape index (κ3) is 5.72. The van der Waals surface area contributed by atoms with Gasteiger partial charge in [-0.1, -0.05) is 6.07 Å². The first-order chi connectivity index (χ1) is 9.96. The molecular weight excluding hydrogens is 268 g/mol. The van der Waals surface area contributed by atoms with Crippen molar-refractivity contribution in [2.24, 2.45) is 4.99 Å². The Labute approximate surface area is 126 Å². The van der Waals surface area contributed by atoms with E-state index in [-0.39, 0.29) is 5.91 Å². The Bertz CT molecular complexity index is 512. The fourth-order valence-electron chi connectivity index (χ4n) is 1.81. The van der Waals surface area contributed by atoms with Crippen molar-refractivity contribution in [1.82, 2.24) is 10.6 Å². The number of benzene rings is 1. The molecule has 6 nitrogen and oxygen atoms in total. The number of rotatable bonds is 5. The SMILES string of the molecule is CN=C(NCc1ccc(OC)c(NC(C)=O)c1)NC(C)C. The first-order valence-corrected chi connectivity index (χ1v) is 6.88. The minimum atomic E-state index is -0.129. The molecule has 3 N–H and O–H groups in total. The van der Waals surface area contributed by atoms with E-state index >= 15 is 0 Å². The van der Waals surface area contributed by atoms with Crippen molar-refractivity contribution >= 4 is 17.6 Å². The molecule has 0 spiro atoms. The lowest BCUT2D eigenvalue weighted by molar-refractivity contribution is -0.114. The summed E-state index contributed by atoms with van der Waals surface area (Å²) >= 11 is 0. The Hall–Kier alpha value is -2.24. The van der Waals surface area contributed by atoms with Crippen LogP contribution in [0.15, 0.2) is 23.2 Å². The summed E-state index contributed by atoms with van der Waals surface area (Å²) in [6, 6.07) is 5.97. The maximum Gasteiger partial charge on any atom is 0.221 e. The number of hydrogen-bond donors (Lipinski definition) is 3. The van der Waals surface area contributed by atoms with E-state index in [1.165, 1.54) is 6.92 Å². The van der Waals surface area contributed by atoms with E-state index in [0.717, 1.165) is 11.5 Å². The number of anilines is 1. The zero-order valence-electron chi connectivity index (χ0n) is 13.3. The van der Waals surface area contributed by atoms with Crippen LogP contribution in [-0.2, 0) is 11.3 Å². The average molecular weight is 292 g/mol. The molecule has 0 aliphatic carbocycles. The van der Waals surface area contributed by atoms with E-state index in [0.29, 0.717) is 24.0 Å². The number of carbonyl (C=O) groups excluding carboxylic acids is 1. The van der Waals surface area contributed by atoms with Crippen molar-refractivity contribution < 1.29 is 9.53 Å². The highest BCUT2D eigenvalue weighted by molar-refractivity contribution is 5.90. The van der Waals surface area contributed by atoms with Crippen molar-refractivity contribution in [2.45, 2.75) is 33.4 Å². The Morgan fingerprint density at radius 3 is 2.62 bits per heavy atom. The molecule has 0 saturated carbocycles. The normalized spacial score (nSPS) is 11.2. The quantitative estimate of drug-likeness (QED) is 0.571. The standard InChI is InChI=1S/C15H24N4O2/c1-10(2)18-15(16-4)17-9-12-6-7-14(21-5)13(8-12)19-11(3)20/h6-8,10H,9H2,1-5H3,(H,19,20)(H2,16,17,18). The molecule has 0 atom stereocenters. The largest absolute Gasteiger partial charge is 0.495 e. The summed E-state index contributed by atoms with van der Waals surface area (Å²) in [5.41, 5.74) is 1.68. The second-order valence-electron chi connectivity index (χ2n) is 4.94. The molecule has 21 heavy (non-hydrogen) atoms. The van der Waals surface area contributed by atoms with E-state index in [1.54, 1.807) is 14.2 Å². The van der Waals surface area contributed by atoms with Gasteiger partial charge in [0.2, 0.25) is 5.91 Å². The lowest BCUT2D eigenvalue weighted by Gasteiger charge is -2.15. The summed E-state index contributed by atoms with van der Waals surface area (Å²) < 4.78 is 5.23. The van der Waals surface area contributed by atoms with Gasteiger partial charge in [-0.05, 0) is 31.5 Å². The van der Waals surface area contributed by atoms with Gasteiger partial charge < -0.3 is 20.7 Å². The zero-order chi connectivity index (χ0) is 15.8. The molecule has 0 aliphatic rings. The highest BCUT2D eigenvalue weighted by Crippen LogP contribution is 2.25. The van der Waals surface area contributed by atoms with Gasteiger partial charge in [0.15, 0.2) is 5.96 Å². The van der Waals surface area contributed by atoms with Crippen molar-refractivity contribution in [3.05, 3.63) is 23.8 Å². The fraction of sp³-hybridized carbons (Fsp3) is 0.467. The number of hydrogen-bond acceptors (Lipinski definition) is 3. The molecule has 116 valence electrons. The topological polar surface area (TPSA) is 74.8 Å². The third-order valence-electron chi connectivity index (χ3n) is 2.68. The van der Waals surface area contributed by atoms with Crippen LogP contribution >= 0.6 is 0 Å².